The topological polar surface area (TPSA) is 100 Å². The molecule has 0 atom stereocenters. The second-order valence-corrected chi connectivity index (χ2v) is 7.10. The highest BCUT2D eigenvalue weighted by atomic mass is 16.5. The SMILES string of the molecule is COc1cccc(CCn2cc(O)n(-c3cnn(Cc4c(C)noc4C)c3)c2=O)c1. The Morgan fingerprint density at radius 3 is 2.80 bits per heavy atom. The summed E-state index contributed by atoms with van der Waals surface area (Å²) < 4.78 is 14.8. The van der Waals surface area contributed by atoms with Gasteiger partial charge in [0.25, 0.3) is 0 Å². The van der Waals surface area contributed by atoms with E-state index >= 15 is 0 Å². The summed E-state index contributed by atoms with van der Waals surface area (Å²) in [7, 11) is 1.62. The third-order valence-corrected chi connectivity index (χ3v) is 5.09. The molecule has 4 aromatic rings. The summed E-state index contributed by atoms with van der Waals surface area (Å²) in [6.07, 6.45) is 5.32. The smallest absolute Gasteiger partial charge is 0.335 e. The number of methoxy groups -OCH3 is 1. The molecule has 0 aliphatic rings. The zero-order valence-electron chi connectivity index (χ0n) is 17.1. The minimum atomic E-state index is -0.327. The van der Waals surface area contributed by atoms with Crippen LogP contribution in [0.3, 0.4) is 0 Å². The van der Waals surface area contributed by atoms with E-state index in [2.05, 4.69) is 10.3 Å². The molecule has 0 bridgehead atoms. The molecule has 1 N–H and O–H groups in total. The molecule has 0 saturated carbocycles. The van der Waals surface area contributed by atoms with Gasteiger partial charge in [-0.3, -0.25) is 9.25 Å². The summed E-state index contributed by atoms with van der Waals surface area (Å²) >= 11 is 0. The molecule has 9 heteroatoms. The van der Waals surface area contributed by atoms with Gasteiger partial charge in [0.1, 0.15) is 11.5 Å². The molecule has 3 heterocycles. The fourth-order valence-corrected chi connectivity index (χ4v) is 3.40. The Bertz CT molecular complexity index is 1210. The van der Waals surface area contributed by atoms with Crippen LogP contribution in [-0.2, 0) is 19.5 Å². The first-order chi connectivity index (χ1) is 14.5. The molecule has 0 saturated heterocycles. The zero-order valence-corrected chi connectivity index (χ0v) is 17.1. The second-order valence-electron chi connectivity index (χ2n) is 7.10. The molecule has 0 aliphatic heterocycles. The van der Waals surface area contributed by atoms with Crippen molar-refractivity contribution < 1.29 is 14.4 Å². The molecule has 0 aliphatic carbocycles. The normalized spacial score (nSPS) is 11.2. The molecule has 0 spiro atoms. The van der Waals surface area contributed by atoms with E-state index in [0.717, 1.165) is 28.3 Å². The van der Waals surface area contributed by atoms with Gasteiger partial charge in [-0.1, -0.05) is 17.3 Å². The second kappa shape index (κ2) is 7.94. The number of hydrogen-bond acceptors (Lipinski definition) is 6. The number of hydrogen-bond donors (Lipinski definition) is 1. The number of aromatic hydroxyl groups is 1. The Labute approximate surface area is 172 Å². The van der Waals surface area contributed by atoms with Crippen LogP contribution in [0.4, 0.5) is 0 Å². The average molecular weight is 409 g/mol. The molecule has 0 radical (unpaired) electrons. The molecular weight excluding hydrogens is 386 g/mol. The first-order valence-corrected chi connectivity index (χ1v) is 9.55. The Balaban J connectivity index is 1.54. The maximum absolute atomic E-state index is 12.8. The summed E-state index contributed by atoms with van der Waals surface area (Å²) in [6.45, 7) is 4.61. The predicted molar refractivity (Wildman–Crippen MR) is 109 cm³/mol. The summed E-state index contributed by atoms with van der Waals surface area (Å²) in [5.41, 5.74) is 2.95. The van der Waals surface area contributed by atoms with Gasteiger partial charge in [0.15, 0.2) is 0 Å². The van der Waals surface area contributed by atoms with Gasteiger partial charge in [-0.25, -0.2) is 9.36 Å². The lowest BCUT2D eigenvalue weighted by molar-refractivity contribution is 0.391. The maximum atomic E-state index is 12.8. The van der Waals surface area contributed by atoms with Gasteiger partial charge in [-0.2, -0.15) is 5.10 Å². The van der Waals surface area contributed by atoms with Crippen LogP contribution in [0.1, 0.15) is 22.6 Å². The number of aromatic nitrogens is 5. The molecule has 30 heavy (non-hydrogen) atoms. The van der Waals surface area contributed by atoms with Crippen molar-refractivity contribution in [2.24, 2.45) is 0 Å². The van der Waals surface area contributed by atoms with Crippen LogP contribution in [0.25, 0.3) is 5.69 Å². The highest BCUT2D eigenvalue weighted by Gasteiger charge is 2.15. The number of aryl methyl sites for hydroxylation is 4. The van der Waals surface area contributed by atoms with Crippen LogP contribution in [0.5, 0.6) is 11.6 Å². The highest BCUT2D eigenvalue weighted by Crippen LogP contribution is 2.18. The minimum Gasteiger partial charge on any atom is -0.497 e. The third kappa shape index (κ3) is 3.73. The summed E-state index contributed by atoms with van der Waals surface area (Å²) in [5, 5.41) is 18.6. The van der Waals surface area contributed by atoms with E-state index in [1.165, 1.54) is 15.3 Å². The molecule has 3 aromatic heterocycles. The quantitative estimate of drug-likeness (QED) is 0.503. The average Bonchev–Trinajstić information content (AvgIpc) is 3.40. The first kappa shape index (κ1) is 19.6. The van der Waals surface area contributed by atoms with Gasteiger partial charge < -0.3 is 14.4 Å². The van der Waals surface area contributed by atoms with Crippen molar-refractivity contribution in [2.45, 2.75) is 33.4 Å². The van der Waals surface area contributed by atoms with Crippen LogP contribution in [-0.4, -0.2) is 36.3 Å². The largest absolute Gasteiger partial charge is 0.497 e. The molecule has 0 amide bonds. The summed E-state index contributed by atoms with van der Waals surface area (Å²) in [6, 6.07) is 7.69. The van der Waals surface area contributed by atoms with E-state index in [4.69, 9.17) is 9.26 Å². The molecule has 0 unspecified atom stereocenters. The number of imidazole rings is 1. The van der Waals surface area contributed by atoms with Gasteiger partial charge in [0, 0.05) is 18.3 Å². The minimum absolute atomic E-state index is 0.137. The van der Waals surface area contributed by atoms with Crippen molar-refractivity contribution in [1.82, 2.24) is 24.1 Å². The molecule has 4 rings (SSSR count). The maximum Gasteiger partial charge on any atom is 0.335 e. The van der Waals surface area contributed by atoms with Crippen LogP contribution in [0.15, 0.2) is 52.2 Å². The van der Waals surface area contributed by atoms with Crippen LogP contribution >= 0.6 is 0 Å². The van der Waals surface area contributed by atoms with Crippen molar-refractivity contribution in [1.29, 1.82) is 0 Å². The highest BCUT2D eigenvalue weighted by molar-refractivity contribution is 5.32. The fourth-order valence-electron chi connectivity index (χ4n) is 3.40. The lowest BCUT2D eigenvalue weighted by atomic mass is 10.1. The predicted octanol–water partition coefficient (Wildman–Crippen LogP) is 2.45. The van der Waals surface area contributed by atoms with Crippen molar-refractivity contribution in [3.63, 3.8) is 0 Å². The Morgan fingerprint density at radius 1 is 1.23 bits per heavy atom. The Morgan fingerprint density at radius 2 is 2.07 bits per heavy atom. The van der Waals surface area contributed by atoms with Crippen molar-refractivity contribution in [2.75, 3.05) is 7.11 Å². The molecule has 9 nitrogen and oxygen atoms in total. The standard InChI is InChI=1S/C21H23N5O4/c1-14-19(15(2)30-23-14)12-25-11-17(10-22-25)26-20(27)13-24(21(26)28)8-7-16-5-4-6-18(9-16)29-3/h4-6,9-11,13,27H,7-8,12H2,1-3H3. The van der Waals surface area contributed by atoms with Gasteiger partial charge >= 0.3 is 5.69 Å². The van der Waals surface area contributed by atoms with E-state index in [1.54, 1.807) is 24.2 Å². The monoisotopic (exact) mass is 409 g/mol. The third-order valence-electron chi connectivity index (χ3n) is 5.09. The molecular formula is C21H23N5O4. The lowest BCUT2D eigenvalue weighted by Gasteiger charge is -2.04. The molecule has 1 aromatic carbocycles. The summed E-state index contributed by atoms with van der Waals surface area (Å²) in [4.78, 5) is 12.8. The Hall–Kier alpha value is -3.75. The van der Waals surface area contributed by atoms with E-state index in [-0.39, 0.29) is 11.6 Å². The van der Waals surface area contributed by atoms with Crippen molar-refractivity contribution in [3.8, 4) is 17.3 Å². The molecule has 156 valence electrons. The number of ether oxygens (including phenoxy) is 1. The van der Waals surface area contributed by atoms with E-state index in [1.807, 2.05) is 38.1 Å². The van der Waals surface area contributed by atoms with E-state index in [0.29, 0.717) is 25.2 Å². The van der Waals surface area contributed by atoms with Gasteiger partial charge in [0.2, 0.25) is 5.88 Å². The van der Waals surface area contributed by atoms with Gasteiger partial charge in [-0.05, 0) is 38.0 Å². The number of nitrogens with zero attached hydrogens (tertiary/aromatic N) is 5. The lowest BCUT2D eigenvalue weighted by Crippen LogP contribution is -2.23. The fraction of sp³-hybridized carbons (Fsp3) is 0.286. The molecule has 0 fully saturated rings. The summed E-state index contributed by atoms with van der Waals surface area (Å²) in [5.74, 6) is 1.36. The first-order valence-electron chi connectivity index (χ1n) is 9.55. The zero-order chi connectivity index (χ0) is 21.3. The van der Waals surface area contributed by atoms with Crippen molar-refractivity contribution in [3.05, 3.63) is 75.9 Å². The van der Waals surface area contributed by atoms with Crippen molar-refractivity contribution >= 4 is 0 Å². The van der Waals surface area contributed by atoms with Crippen LogP contribution in [0.2, 0.25) is 0 Å². The van der Waals surface area contributed by atoms with E-state index in [9.17, 15) is 9.90 Å². The Kier molecular flexibility index (Phi) is 5.18. The van der Waals surface area contributed by atoms with Crippen LogP contribution in [0, 0.1) is 13.8 Å². The van der Waals surface area contributed by atoms with E-state index < -0.39 is 0 Å². The van der Waals surface area contributed by atoms with Crippen LogP contribution < -0.4 is 10.4 Å². The number of benzene rings is 1. The van der Waals surface area contributed by atoms with Gasteiger partial charge in [0.05, 0.1) is 37.4 Å². The van der Waals surface area contributed by atoms with Gasteiger partial charge in [-0.15, -0.1) is 0 Å². The number of rotatable bonds is 7.